The second kappa shape index (κ2) is 7.78. The maximum absolute atomic E-state index is 12.9. The zero-order chi connectivity index (χ0) is 19.7. The molecule has 142 valence electrons. The number of nitriles is 1. The number of benzene rings is 2. The number of carbonyl (C=O) groups is 1. The number of hydrogen-bond donors (Lipinski definition) is 0. The summed E-state index contributed by atoms with van der Waals surface area (Å²) in [5, 5.41) is 11.2. The SMILES string of the molecule is COc1ccc(N2CSC3=C(C#N)[C@@H](c4ccccc4Cl)CC(=O)N3C2)cc1. The van der Waals surface area contributed by atoms with Crippen LogP contribution in [0.2, 0.25) is 5.02 Å². The van der Waals surface area contributed by atoms with Gasteiger partial charge in [0.15, 0.2) is 0 Å². The summed E-state index contributed by atoms with van der Waals surface area (Å²) in [6, 6.07) is 17.5. The summed E-state index contributed by atoms with van der Waals surface area (Å²) < 4.78 is 5.21. The van der Waals surface area contributed by atoms with Gasteiger partial charge in [0.2, 0.25) is 5.91 Å². The van der Waals surface area contributed by atoms with Gasteiger partial charge < -0.3 is 9.64 Å². The molecule has 0 spiro atoms. The van der Waals surface area contributed by atoms with Crippen molar-refractivity contribution in [2.24, 2.45) is 0 Å². The standard InChI is InChI=1S/C21H18ClN3O2S/c1-27-15-8-6-14(7-9-15)24-12-25-20(26)10-17(16-4-2-3-5-19(16)22)18(11-23)21(25)28-13-24/h2-9,17H,10,12-13H2,1H3/t17-/m1/s1. The van der Waals surface area contributed by atoms with Crippen LogP contribution in [0.3, 0.4) is 0 Å². The van der Waals surface area contributed by atoms with Gasteiger partial charge in [-0.05, 0) is 35.9 Å². The second-order valence-electron chi connectivity index (χ2n) is 6.58. The van der Waals surface area contributed by atoms with Crippen molar-refractivity contribution >= 4 is 35.0 Å². The Morgan fingerprint density at radius 3 is 2.64 bits per heavy atom. The van der Waals surface area contributed by atoms with Crippen LogP contribution in [-0.2, 0) is 4.79 Å². The van der Waals surface area contributed by atoms with Crippen molar-refractivity contribution in [2.75, 3.05) is 24.6 Å². The van der Waals surface area contributed by atoms with Gasteiger partial charge in [-0.1, -0.05) is 41.6 Å². The van der Waals surface area contributed by atoms with Gasteiger partial charge in [-0.25, -0.2) is 0 Å². The molecule has 0 saturated carbocycles. The van der Waals surface area contributed by atoms with Gasteiger partial charge in [0.05, 0.1) is 36.3 Å². The maximum Gasteiger partial charge on any atom is 0.229 e. The van der Waals surface area contributed by atoms with Crippen molar-refractivity contribution in [1.29, 1.82) is 5.26 Å². The van der Waals surface area contributed by atoms with E-state index >= 15 is 0 Å². The molecule has 1 atom stereocenters. The van der Waals surface area contributed by atoms with Crippen molar-refractivity contribution in [3.8, 4) is 11.8 Å². The number of allylic oxidation sites excluding steroid dienone is 1. The lowest BCUT2D eigenvalue weighted by molar-refractivity contribution is -0.129. The molecule has 0 radical (unpaired) electrons. The van der Waals surface area contributed by atoms with Crippen molar-refractivity contribution in [3.05, 3.63) is 69.7 Å². The van der Waals surface area contributed by atoms with E-state index in [1.54, 1.807) is 18.1 Å². The van der Waals surface area contributed by atoms with E-state index < -0.39 is 0 Å². The summed E-state index contributed by atoms with van der Waals surface area (Å²) in [7, 11) is 1.63. The number of fused-ring (bicyclic) bond motifs is 1. The molecule has 0 unspecified atom stereocenters. The summed E-state index contributed by atoms with van der Waals surface area (Å²) in [5.41, 5.74) is 2.46. The van der Waals surface area contributed by atoms with Gasteiger partial charge in [0, 0.05) is 23.0 Å². The number of hydrogen-bond acceptors (Lipinski definition) is 5. The minimum Gasteiger partial charge on any atom is -0.497 e. The highest BCUT2D eigenvalue weighted by Crippen LogP contribution is 2.44. The number of halogens is 1. The number of methoxy groups -OCH3 is 1. The van der Waals surface area contributed by atoms with E-state index in [4.69, 9.17) is 16.3 Å². The topological polar surface area (TPSA) is 56.6 Å². The van der Waals surface area contributed by atoms with E-state index in [1.807, 2.05) is 42.5 Å². The maximum atomic E-state index is 12.9. The molecule has 2 aliphatic rings. The molecule has 0 N–H and O–H groups in total. The summed E-state index contributed by atoms with van der Waals surface area (Å²) in [6.45, 7) is 0.425. The lowest BCUT2D eigenvalue weighted by Gasteiger charge is -2.42. The fourth-order valence-corrected chi connectivity index (χ4v) is 4.98. The fourth-order valence-electron chi connectivity index (χ4n) is 3.54. The molecule has 0 aromatic heterocycles. The largest absolute Gasteiger partial charge is 0.497 e. The summed E-state index contributed by atoms with van der Waals surface area (Å²) in [4.78, 5) is 16.8. The third-order valence-electron chi connectivity index (χ3n) is 5.01. The molecule has 2 aliphatic heterocycles. The van der Waals surface area contributed by atoms with Gasteiger partial charge in [0.1, 0.15) is 5.75 Å². The van der Waals surface area contributed by atoms with Crippen LogP contribution in [0.1, 0.15) is 17.9 Å². The highest BCUT2D eigenvalue weighted by atomic mass is 35.5. The number of thioether (sulfide) groups is 1. The number of carbonyl (C=O) groups excluding carboxylic acids is 1. The van der Waals surface area contributed by atoms with Gasteiger partial charge in [-0.2, -0.15) is 5.26 Å². The Labute approximate surface area is 173 Å². The normalized spacial score (nSPS) is 19.3. The van der Waals surface area contributed by atoms with Crippen LogP contribution in [-0.4, -0.2) is 30.5 Å². The van der Waals surface area contributed by atoms with Crippen LogP contribution in [0.4, 0.5) is 5.69 Å². The van der Waals surface area contributed by atoms with E-state index in [1.165, 1.54) is 11.8 Å². The van der Waals surface area contributed by atoms with Gasteiger partial charge in [-0.3, -0.25) is 9.69 Å². The molecule has 2 heterocycles. The summed E-state index contributed by atoms with van der Waals surface area (Å²) in [6.07, 6.45) is 0.243. The van der Waals surface area contributed by atoms with Gasteiger partial charge >= 0.3 is 0 Å². The van der Waals surface area contributed by atoms with Gasteiger partial charge in [0.25, 0.3) is 0 Å². The van der Waals surface area contributed by atoms with Crippen LogP contribution in [0.25, 0.3) is 0 Å². The smallest absolute Gasteiger partial charge is 0.229 e. The second-order valence-corrected chi connectivity index (χ2v) is 7.92. The van der Waals surface area contributed by atoms with E-state index in [-0.39, 0.29) is 18.2 Å². The van der Waals surface area contributed by atoms with Crippen molar-refractivity contribution in [2.45, 2.75) is 12.3 Å². The monoisotopic (exact) mass is 411 g/mol. The molecule has 0 bridgehead atoms. The Kier molecular flexibility index (Phi) is 5.21. The molecule has 0 aliphatic carbocycles. The molecule has 1 saturated heterocycles. The first kappa shape index (κ1) is 18.7. The molecule has 28 heavy (non-hydrogen) atoms. The minimum atomic E-state index is -0.294. The van der Waals surface area contributed by atoms with Crippen LogP contribution < -0.4 is 9.64 Å². The predicted octanol–water partition coefficient (Wildman–Crippen LogP) is 4.57. The Bertz CT molecular complexity index is 984. The van der Waals surface area contributed by atoms with E-state index in [0.717, 1.165) is 22.0 Å². The number of nitrogens with zero attached hydrogens (tertiary/aromatic N) is 3. The Morgan fingerprint density at radius 2 is 1.96 bits per heavy atom. The zero-order valence-corrected chi connectivity index (χ0v) is 16.8. The van der Waals surface area contributed by atoms with Crippen molar-refractivity contribution < 1.29 is 9.53 Å². The Hall–Kier alpha value is -2.62. The van der Waals surface area contributed by atoms with Crippen LogP contribution >= 0.6 is 23.4 Å². The molecule has 1 amide bonds. The van der Waals surface area contributed by atoms with Crippen molar-refractivity contribution in [3.63, 3.8) is 0 Å². The molecule has 7 heteroatoms. The molecule has 2 aromatic carbocycles. The molecule has 1 fully saturated rings. The molecular formula is C21H18ClN3O2S. The van der Waals surface area contributed by atoms with Crippen LogP contribution in [0.15, 0.2) is 59.1 Å². The number of rotatable bonds is 3. The summed E-state index contributed by atoms with van der Waals surface area (Å²) in [5.74, 6) is 1.16. The average Bonchev–Trinajstić information content (AvgIpc) is 2.74. The van der Waals surface area contributed by atoms with Gasteiger partial charge in [-0.15, -0.1) is 0 Å². The Morgan fingerprint density at radius 1 is 1.21 bits per heavy atom. The molecule has 5 nitrogen and oxygen atoms in total. The van der Waals surface area contributed by atoms with E-state index in [9.17, 15) is 10.1 Å². The molecular weight excluding hydrogens is 394 g/mol. The van der Waals surface area contributed by atoms with Crippen LogP contribution in [0, 0.1) is 11.3 Å². The molecule has 2 aromatic rings. The first-order valence-electron chi connectivity index (χ1n) is 8.83. The zero-order valence-electron chi connectivity index (χ0n) is 15.3. The fraction of sp³-hybridized carbons (Fsp3) is 0.238. The predicted molar refractivity (Wildman–Crippen MR) is 111 cm³/mol. The minimum absolute atomic E-state index is 0.00429. The van der Waals surface area contributed by atoms with E-state index in [0.29, 0.717) is 23.1 Å². The first-order valence-corrected chi connectivity index (χ1v) is 10.2. The highest BCUT2D eigenvalue weighted by Gasteiger charge is 2.38. The first-order chi connectivity index (χ1) is 13.6. The number of anilines is 1. The van der Waals surface area contributed by atoms with E-state index in [2.05, 4.69) is 11.0 Å². The lowest BCUT2D eigenvalue weighted by atomic mass is 9.86. The highest BCUT2D eigenvalue weighted by molar-refractivity contribution is 8.03. The van der Waals surface area contributed by atoms with Crippen LogP contribution in [0.5, 0.6) is 5.75 Å². The molecule has 4 rings (SSSR count). The number of amides is 1. The Balaban J connectivity index is 1.65. The van der Waals surface area contributed by atoms with Crippen molar-refractivity contribution in [1.82, 2.24) is 4.90 Å². The number of ether oxygens (including phenoxy) is 1. The summed E-state index contributed by atoms with van der Waals surface area (Å²) >= 11 is 7.86. The third kappa shape index (κ3) is 3.32. The lowest BCUT2D eigenvalue weighted by Crippen LogP contribution is -2.47. The quantitative estimate of drug-likeness (QED) is 0.740. The average molecular weight is 412 g/mol. The third-order valence-corrected chi connectivity index (χ3v) is 6.51.